The standard InChI is InChI=1S/C13H16O4/c1-10(14)15-8-12-9-16-13(2,17-12)11-6-4-3-5-7-11/h3-7,12H,8-9H2,1-2H3/t12-,13+/m0/s1. The molecule has 1 aliphatic heterocycles. The van der Waals surface area contributed by atoms with Crippen LogP contribution >= 0.6 is 0 Å². The Morgan fingerprint density at radius 3 is 2.82 bits per heavy atom. The van der Waals surface area contributed by atoms with Crippen LogP contribution in [0.1, 0.15) is 19.4 Å². The first-order valence-electron chi connectivity index (χ1n) is 5.61. The number of esters is 1. The van der Waals surface area contributed by atoms with Crippen LogP contribution in [-0.4, -0.2) is 25.3 Å². The van der Waals surface area contributed by atoms with Gasteiger partial charge in [0, 0.05) is 12.5 Å². The molecule has 1 aromatic rings. The fourth-order valence-electron chi connectivity index (χ4n) is 1.82. The van der Waals surface area contributed by atoms with E-state index in [4.69, 9.17) is 14.2 Å². The van der Waals surface area contributed by atoms with Gasteiger partial charge in [0.05, 0.1) is 6.61 Å². The van der Waals surface area contributed by atoms with Crippen LogP contribution in [0.5, 0.6) is 0 Å². The molecule has 1 heterocycles. The molecule has 1 aromatic carbocycles. The average molecular weight is 236 g/mol. The van der Waals surface area contributed by atoms with E-state index in [1.165, 1.54) is 6.92 Å². The van der Waals surface area contributed by atoms with E-state index in [1.807, 2.05) is 37.3 Å². The monoisotopic (exact) mass is 236 g/mol. The van der Waals surface area contributed by atoms with Crippen LogP contribution in [0.15, 0.2) is 30.3 Å². The summed E-state index contributed by atoms with van der Waals surface area (Å²) in [6.07, 6.45) is -0.205. The third-order valence-electron chi connectivity index (χ3n) is 2.71. The number of rotatable bonds is 3. The molecule has 1 fully saturated rings. The predicted molar refractivity (Wildman–Crippen MR) is 61.3 cm³/mol. The summed E-state index contributed by atoms with van der Waals surface area (Å²) in [6, 6.07) is 9.72. The fraction of sp³-hybridized carbons (Fsp3) is 0.462. The maximum Gasteiger partial charge on any atom is 0.302 e. The Hall–Kier alpha value is -1.39. The summed E-state index contributed by atoms with van der Waals surface area (Å²) in [5, 5.41) is 0. The Labute approximate surface area is 100 Å². The molecular formula is C13H16O4. The second-order valence-corrected chi connectivity index (χ2v) is 4.17. The summed E-state index contributed by atoms with van der Waals surface area (Å²) >= 11 is 0. The molecule has 2 rings (SSSR count). The van der Waals surface area contributed by atoms with E-state index in [-0.39, 0.29) is 18.7 Å². The van der Waals surface area contributed by atoms with E-state index in [1.54, 1.807) is 0 Å². The van der Waals surface area contributed by atoms with Crippen molar-refractivity contribution in [3.8, 4) is 0 Å². The van der Waals surface area contributed by atoms with Gasteiger partial charge in [0.1, 0.15) is 12.7 Å². The van der Waals surface area contributed by atoms with E-state index in [0.717, 1.165) is 5.56 Å². The quantitative estimate of drug-likeness (QED) is 0.751. The van der Waals surface area contributed by atoms with E-state index in [2.05, 4.69) is 0 Å². The first kappa shape index (κ1) is 12.1. The lowest BCUT2D eigenvalue weighted by Gasteiger charge is -2.23. The summed E-state index contributed by atoms with van der Waals surface area (Å²) < 4.78 is 16.4. The first-order valence-corrected chi connectivity index (χ1v) is 5.61. The number of ether oxygens (including phenoxy) is 3. The van der Waals surface area contributed by atoms with Crippen molar-refractivity contribution in [1.82, 2.24) is 0 Å². The van der Waals surface area contributed by atoms with Gasteiger partial charge in [-0.05, 0) is 6.92 Å². The molecule has 17 heavy (non-hydrogen) atoms. The number of carbonyl (C=O) groups excluding carboxylic acids is 1. The Bertz CT molecular complexity index is 390. The Kier molecular flexibility index (Phi) is 3.45. The van der Waals surface area contributed by atoms with Gasteiger partial charge in [-0.3, -0.25) is 4.79 Å². The van der Waals surface area contributed by atoms with Gasteiger partial charge in [0.25, 0.3) is 0 Å². The Morgan fingerprint density at radius 1 is 1.47 bits per heavy atom. The minimum absolute atomic E-state index is 0.205. The van der Waals surface area contributed by atoms with Crippen LogP contribution in [0.25, 0.3) is 0 Å². The molecule has 0 amide bonds. The van der Waals surface area contributed by atoms with Gasteiger partial charge in [-0.15, -0.1) is 0 Å². The summed E-state index contributed by atoms with van der Waals surface area (Å²) in [7, 11) is 0. The lowest BCUT2D eigenvalue weighted by molar-refractivity contribution is -0.171. The molecule has 0 saturated carbocycles. The van der Waals surface area contributed by atoms with Crippen LogP contribution in [0.4, 0.5) is 0 Å². The molecule has 92 valence electrons. The predicted octanol–water partition coefficient (Wildman–Crippen LogP) is 1.84. The largest absolute Gasteiger partial charge is 0.463 e. The molecule has 2 atom stereocenters. The Morgan fingerprint density at radius 2 is 2.18 bits per heavy atom. The van der Waals surface area contributed by atoms with Crippen LogP contribution in [0.2, 0.25) is 0 Å². The smallest absolute Gasteiger partial charge is 0.302 e. The zero-order valence-corrected chi connectivity index (χ0v) is 10.0. The van der Waals surface area contributed by atoms with Gasteiger partial charge in [-0.1, -0.05) is 30.3 Å². The lowest BCUT2D eigenvalue weighted by Crippen LogP contribution is -2.26. The number of benzene rings is 1. The summed E-state index contributed by atoms with van der Waals surface area (Å²) in [6.45, 7) is 3.92. The highest BCUT2D eigenvalue weighted by Crippen LogP contribution is 2.33. The zero-order valence-electron chi connectivity index (χ0n) is 10.0. The average Bonchev–Trinajstić information content (AvgIpc) is 2.71. The maximum absolute atomic E-state index is 10.7. The molecule has 0 bridgehead atoms. The van der Waals surface area contributed by atoms with Crippen molar-refractivity contribution in [3.05, 3.63) is 35.9 Å². The van der Waals surface area contributed by atoms with E-state index >= 15 is 0 Å². The zero-order chi connectivity index (χ0) is 12.3. The summed E-state index contributed by atoms with van der Waals surface area (Å²) in [4.78, 5) is 10.7. The second kappa shape index (κ2) is 4.85. The molecule has 0 aliphatic carbocycles. The van der Waals surface area contributed by atoms with Gasteiger partial charge in [0.15, 0.2) is 5.79 Å². The van der Waals surface area contributed by atoms with Gasteiger partial charge >= 0.3 is 5.97 Å². The minimum atomic E-state index is -0.744. The van der Waals surface area contributed by atoms with E-state index in [0.29, 0.717) is 6.61 Å². The number of hydrogen-bond donors (Lipinski definition) is 0. The molecule has 1 saturated heterocycles. The summed E-state index contributed by atoms with van der Waals surface area (Å²) in [5.41, 5.74) is 0.963. The van der Waals surface area contributed by atoms with Crippen molar-refractivity contribution in [2.45, 2.75) is 25.7 Å². The lowest BCUT2D eigenvalue weighted by atomic mass is 10.1. The maximum atomic E-state index is 10.7. The fourth-order valence-corrected chi connectivity index (χ4v) is 1.82. The molecular weight excluding hydrogens is 220 g/mol. The third-order valence-corrected chi connectivity index (χ3v) is 2.71. The van der Waals surface area contributed by atoms with Crippen molar-refractivity contribution >= 4 is 5.97 Å². The molecule has 0 N–H and O–H groups in total. The van der Waals surface area contributed by atoms with Crippen molar-refractivity contribution in [3.63, 3.8) is 0 Å². The van der Waals surface area contributed by atoms with Crippen LogP contribution in [-0.2, 0) is 24.8 Å². The molecule has 0 unspecified atom stereocenters. The van der Waals surface area contributed by atoms with Gasteiger partial charge in [0.2, 0.25) is 0 Å². The highest BCUT2D eigenvalue weighted by atomic mass is 16.7. The van der Waals surface area contributed by atoms with Gasteiger partial charge in [-0.2, -0.15) is 0 Å². The van der Waals surface area contributed by atoms with Gasteiger partial charge in [-0.25, -0.2) is 0 Å². The Balaban J connectivity index is 1.99. The van der Waals surface area contributed by atoms with E-state index in [9.17, 15) is 4.79 Å². The molecule has 1 aliphatic rings. The van der Waals surface area contributed by atoms with Crippen molar-refractivity contribution in [2.24, 2.45) is 0 Å². The summed E-state index contributed by atoms with van der Waals surface area (Å²) in [5.74, 6) is -1.05. The van der Waals surface area contributed by atoms with Crippen molar-refractivity contribution < 1.29 is 19.0 Å². The second-order valence-electron chi connectivity index (χ2n) is 4.17. The van der Waals surface area contributed by atoms with Crippen LogP contribution in [0, 0.1) is 0 Å². The molecule has 4 nitrogen and oxygen atoms in total. The minimum Gasteiger partial charge on any atom is -0.463 e. The molecule has 0 radical (unpaired) electrons. The highest BCUT2D eigenvalue weighted by molar-refractivity contribution is 5.65. The highest BCUT2D eigenvalue weighted by Gasteiger charge is 2.39. The molecule has 0 aromatic heterocycles. The van der Waals surface area contributed by atoms with Crippen LogP contribution < -0.4 is 0 Å². The SMILES string of the molecule is CC(=O)OC[C@H]1CO[C@@](C)(c2ccccc2)O1. The number of hydrogen-bond acceptors (Lipinski definition) is 4. The first-order chi connectivity index (χ1) is 8.10. The van der Waals surface area contributed by atoms with Crippen molar-refractivity contribution in [1.29, 1.82) is 0 Å². The van der Waals surface area contributed by atoms with E-state index < -0.39 is 5.79 Å². The topological polar surface area (TPSA) is 44.8 Å². The molecule has 0 spiro atoms. The number of carbonyl (C=O) groups is 1. The normalized spacial score (nSPS) is 28.0. The van der Waals surface area contributed by atoms with Gasteiger partial charge < -0.3 is 14.2 Å². The molecule has 4 heteroatoms. The van der Waals surface area contributed by atoms with Crippen molar-refractivity contribution in [2.75, 3.05) is 13.2 Å². The van der Waals surface area contributed by atoms with Crippen LogP contribution in [0.3, 0.4) is 0 Å². The third kappa shape index (κ3) is 2.84.